The Balaban J connectivity index is 2.64. The van der Waals surface area contributed by atoms with Gasteiger partial charge in [-0.05, 0) is 0 Å². The molecule has 2 aromatic heterocycles. The van der Waals surface area contributed by atoms with Crippen molar-refractivity contribution < 1.29 is 0 Å². The van der Waals surface area contributed by atoms with E-state index in [1.165, 1.54) is 0 Å². The molecule has 0 aliphatic heterocycles. The Morgan fingerprint density at radius 3 is 2.46 bits per heavy atom. The van der Waals surface area contributed by atoms with Crippen LogP contribution in [-0.4, -0.2) is 24.8 Å². The van der Waals surface area contributed by atoms with Crippen molar-refractivity contribution in [1.82, 2.24) is 24.8 Å². The summed E-state index contributed by atoms with van der Waals surface area (Å²) in [6.45, 7) is 0. The van der Waals surface area contributed by atoms with Crippen LogP contribution in [0.1, 0.15) is 0 Å². The summed E-state index contributed by atoms with van der Waals surface area (Å²) in [5, 5.41) is 11.6. The number of rotatable bonds is 1. The SMILES string of the molecule is Cn1nncc1-c1c(N)cnn1C. The summed E-state index contributed by atoms with van der Waals surface area (Å²) in [6, 6.07) is 0. The fourth-order valence-electron chi connectivity index (χ4n) is 1.27. The predicted octanol–water partition coefficient (Wildman–Crippen LogP) is -0.202. The Labute approximate surface area is 75.0 Å². The molecule has 0 saturated heterocycles. The summed E-state index contributed by atoms with van der Waals surface area (Å²) in [6.07, 6.45) is 3.27. The van der Waals surface area contributed by atoms with Gasteiger partial charge in [-0.1, -0.05) is 5.21 Å². The van der Waals surface area contributed by atoms with Gasteiger partial charge in [-0.25, -0.2) is 4.68 Å². The van der Waals surface area contributed by atoms with E-state index in [1.807, 2.05) is 14.1 Å². The molecule has 0 aromatic carbocycles. The molecule has 2 aromatic rings. The van der Waals surface area contributed by atoms with Crippen LogP contribution in [-0.2, 0) is 14.1 Å². The summed E-state index contributed by atoms with van der Waals surface area (Å²) in [5.74, 6) is 0. The van der Waals surface area contributed by atoms with Crippen LogP contribution in [0.2, 0.25) is 0 Å². The maximum atomic E-state index is 5.75. The topological polar surface area (TPSA) is 74.6 Å². The third-order valence-corrected chi connectivity index (χ3v) is 1.92. The second-order valence-corrected chi connectivity index (χ2v) is 2.81. The van der Waals surface area contributed by atoms with E-state index in [2.05, 4.69) is 15.4 Å². The molecule has 6 heteroatoms. The second kappa shape index (κ2) is 2.58. The number of aryl methyl sites for hydroxylation is 2. The second-order valence-electron chi connectivity index (χ2n) is 2.81. The van der Waals surface area contributed by atoms with Crippen molar-refractivity contribution in [3.8, 4) is 11.4 Å². The van der Waals surface area contributed by atoms with E-state index in [9.17, 15) is 0 Å². The maximum absolute atomic E-state index is 5.75. The molecule has 6 nitrogen and oxygen atoms in total. The fourth-order valence-corrected chi connectivity index (χ4v) is 1.27. The Bertz CT molecular complexity index is 406. The van der Waals surface area contributed by atoms with Gasteiger partial charge in [0.25, 0.3) is 0 Å². The molecule has 0 unspecified atom stereocenters. The van der Waals surface area contributed by atoms with E-state index in [0.29, 0.717) is 5.69 Å². The van der Waals surface area contributed by atoms with Crippen molar-refractivity contribution in [2.75, 3.05) is 5.73 Å². The lowest BCUT2D eigenvalue weighted by atomic mass is 10.3. The third-order valence-electron chi connectivity index (χ3n) is 1.92. The first-order chi connectivity index (χ1) is 6.20. The minimum Gasteiger partial charge on any atom is -0.396 e. The Morgan fingerprint density at radius 1 is 1.23 bits per heavy atom. The van der Waals surface area contributed by atoms with Gasteiger partial charge in [0.2, 0.25) is 0 Å². The molecule has 0 fully saturated rings. The molecule has 0 saturated carbocycles. The highest BCUT2D eigenvalue weighted by atomic mass is 15.4. The van der Waals surface area contributed by atoms with Crippen LogP contribution in [0.25, 0.3) is 11.4 Å². The molecule has 0 amide bonds. The molecule has 0 aliphatic rings. The van der Waals surface area contributed by atoms with Crippen molar-refractivity contribution in [2.24, 2.45) is 14.1 Å². The smallest absolute Gasteiger partial charge is 0.111 e. The normalized spacial score (nSPS) is 10.6. The molecule has 2 N–H and O–H groups in total. The lowest BCUT2D eigenvalue weighted by molar-refractivity contribution is 0.707. The Kier molecular flexibility index (Phi) is 1.54. The van der Waals surface area contributed by atoms with E-state index in [0.717, 1.165) is 11.4 Å². The summed E-state index contributed by atoms with van der Waals surface area (Å²) in [5.41, 5.74) is 8.08. The van der Waals surface area contributed by atoms with Crippen LogP contribution in [0.3, 0.4) is 0 Å². The molecule has 0 atom stereocenters. The molecular weight excluding hydrogens is 168 g/mol. The summed E-state index contributed by atoms with van der Waals surface area (Å²) >= 11 is 0. The highest BCUT2D eigenvalue weighted by molar-refractivity contribution is 5.68. The van der Waals surface area contributed by atoms with Gasteiger partial charge in [-0.3, -0.25) is 4.68 Å². The first-order valence-electron chi connectivity index (χ1n) is 3.82. The summed E-state index contributed by atoms with van der Waals surface area (Å²) < 4.78 is 3.36. The minimum absolute atomic E-state index is 0.632. The number of nitrogens with two attached hydrogens (primary N) is 1. The van der Waals surface area contributed by atoms with Gasteiger partial charge in [-0.15, -0.1) is 5.10 Å². The third kappa shape index (κ3) is 1.07. The Morgan fingerprint density at radius 2 is 2.00 bits per heavy atom. The van der Waals surface area contributed by atoms with Crippen molar-refractivity contribution in [1.29, 1.82) is 0 Å². The number of nitrogens with zero attached hydrogens (tertiary/aromatic N) is 5. The van der Waals surface area contributed by atoms with E-state index < -0.39 is 0 Å². The van der Waals surface area contributed by atoms with Crippen LogP contribution in [0.4, 0.5) is 5.69 Å². The predicted molar refractivity (Wildman–Crippen MR) is 47.6 cm³/mol. The van der Waals surface area contributed by atoms with E-state index in [1.54, 1.807) is 21.8 Å². The lowest BCUT2D eigenvalue weighted by Gasteiger charge is -2.01. The zero-order chi connectivity index (χ0) is 9.42. The monoisotopic (exact) mass is 178 g/mol. The molecule has 0 bridgehead atoms. The van der Waals surface area contributed by atoms with Crippen molar-refractivity contribution in [2.45, 2.75) is 0 Å². The van der Waals surface area contributed by atoms with Gasteiger partial charge in [0.15, 0.2) is 0 Å². The van der Waals surface area contributed by atoms with Gasteiger partial charge in [0, 0.05) is 14.1 Å². The first kappa shape index (κ1) is 7.78. The standard InChI is InChI=1S/C7H10N6/c1-12-6(4-9-11-12)7-5(8)3-10-13(7)2/h3-4H,8H2,1-2H3. The highest BCUT2D eigenvalue weighted by Crippen LogP contribution is 2.22. The van der Waals surface area contributed by atoms with Crippen molar-refractivity contribution in [3.63, 3.8) is 0 Å². The largest absolute Gasteiger partial charge is 0.396 e. The van der Waals surface area contributed by atoms with E-state index in [-0.39, 0.29) is 0 Å². The maximum Gasteiger partial charge on any atom is 0.111 e. The number of hydrogen-bond donors (Lipinski definition) is 1. The summed E-state index contributed by atoms with van der Waals surface area (Å²) in [4.78, 5) is 0. The molecule has 0 aliphatic carbocycles. The van der Waals surface area contributed by atoms with Crippen LogP contribution < -0.4 is 5.73 Å². The average molecular weight is 178 g/mol. The number of hydrogen-bond acceptors (Lipinski definition) is 4. The number of nitrogen functional groups attached to an aromatic ring is 1. The zero-order valence-electron chi connectivity index (χ0n) is 7.47. The Hall–Kier alpha value is -1.85. The number of aromatic nitrogens is 5. The molecule has 2 heterocycles. The van der Waals surface area contributed by atoms with Gasteiger partial charge < -0.3 is 5.73 Å². The minimum atomic E-state index is 0.632. The fraction of sp³-hybridized carbons (Fsp3) is 0.286. The van der Waals surface area contributed by atoms with Crippen LogP contribution in [0, 0.1) is 0 Å². The number of anilines is 1. The zero-order valence-corrected chi connectivity index (χ0v) is 7.47. The van der Waals surface area contributed by atoms with E-state index in [4.69, 9.17) is 5.73 Å². The molecule has 2 rings (SSSR count). The van der Waals surface area contributed by atoms with Gasteiger partial charge in [0.1, 0.15) is 11.4 Å². The molecule has 13 heavy (non-hydrogen) atoms. The van der Waals surface area contributed by atoms with E-state index >= 15 is 0 Å². The first-order valence-corrected chi connectivity index (χ1v) is 3.82. The highest BCUT2D eigenvalue weighted by Gasteiger charge is 2.11. The van der Waals surface area contributed by atoms with Crippen molar-refractivity contribution >= 4 is 5.69 Å². The van der Waals surface area contributed by atoms with Gasteiger partial charge in [0.05, 0.1) is 18.1 Å². The van der Waals surface area contributed by atoms with Crippen LogP contribution in [0.15, 0.2) is 12.4 Å². The van der Waals surface area contributed by atoms with Crippen molar-refractivity contribution in [3.05, 3.63) is 12.4 Å². The summed E-state index contributed by atoms with van der Waals surface area (Å²) in [7, 11) is 3.65. The molecular formula is C7H10N6. The van der Waals surface area contributed by atoms with Gasteiger partial charge in [-0.2, -0.15) is 5.10 Å². The van der Waals surface area contributed by atoms with Crippen LogP contribution in [0.5, 0.6) is 0 Å². The lowest BCUT2D eigenvalue weighted by Crippen LogP contribution is -2.01. The average Bonchev–Trinajstić information content (AvgIpc) is 2.60. The van der Waals surface area contributed by atoms with Gasteiger partial charge >= 0.3 is 0 Å². The molecule has 0 radical (unpaired) electrons. The molecule has 0 spiro atoms. The molecule has 68 valence electrons. The quantitative estimate of drug-likeness (QED) is 0.656. The van der Waals surface area contributed by atoms with Crippen LogP contribution >= 0.6 is 0 Å².